The van der Waals surface area contributed by atoms with E-state index < -0.39 is 0 Å². The number of thioether (sulfide) groups is 1. The summed E-state index contributed by atoms with van der Waals surface area (Å²) in [4.78, 5) is 8.62. The molecule has 1 fully saturated rings. The number of nitrogens with one attached hydrogen (secondary N) is 1. The number of hydrogen-bond acceptors (Lipinski definition) is 4. The largest absolute Gasteiger partial charge is 0.362 e. The Morgan fingerprint density at radius 1 is 1.62 bits per heavy atom. The molecule has 1 saturated heterocycles. The van der Waals surface area contributed by atoms with Gasteiger partial charge in [0.05, 0.1) is 0 Å². The minimum absolute atomic E-state index is 0.497. The van der Waals surface area contributed by atoms with E-state index >= 15 is 0 Å². The first-order chi connectivity index (χ1) is 7.65. The van der Waals surface area contributed by atoms with Crippen molar-refractivity contribution in [1.82, 2.24) is 20.1 Å². The molecule has 1 aliphatic heterocycles. The molecule has 0 spiro atoms. The normalized spacial score (nSPS) is 28.1. The predicted octanol–water partition coefficient (Wildman–Crippen LogP) is 1.03. The predicted molar refractivity (Wildman–Crippen MR) is 66.4 cm³/mol. The highest BCUT2D eigenvalue weighted by Crippen LogP contribution is 2.19. The fourth-order valence-electron chi connectivity index (χ4n) is 1.42. The Balaban J connectivity index is 1.93. The molecule has 2 rings (SSSR count). The van der Waals surface area contributed by atoms with E-state index in [1.54, 1.807) is 22.8 Å². The van der Waals surface area contributed by atoms with Crippen molar-refractivity contribution in [2.45, 2.75) is 26.4 Å². The molecule has 2 unspecified atom stereocenters. The van der Waals surface area contributed by atoms with E-state index in [1.165, 1.54) is 0 Å². The fourth-order valence-corrected chi connectivity index (χ4v) is 2.56. The standard InChI is InChI=1S/C10H17N5S/c1-7-5-16-10(13-8(7)2)11-4-9-12-6-15(3)14-9/h6-8H,4-5H2,1-3H3,(H,11,13). The van der Waals surface area contributed by atoms with E-state index in [1.807, 2.05) is 7.05 Å². The summed E-state index contributed by atoms with van der Waals surface area (Å²) in [6, 6.07) is 0.497. The Hall–Kier alpha value is -1.04. The highest BCUT2D eigenvalue weighted by atomic mass is 32.2. The zero-order valence-corrected chi connectivity index (χ0v) is 10.7. The lowest BCUT2D eigenvalue weighted by molar-refractivity contribution is 0.489. The molecule has 0 amide bonds. The van der Waals surface area contributed by atoms with Gasteiger partial charge in [-0.05, 0) is 12.8 Å². The third-order valence-electron chi connectivity index (χ3n) is 2.70. The monoisotopic (exact) mass is 239 g/mol. The summed E-state index contributed by atoms with van der Waals surface area (Å²) in [5, 5.41) is 8.60. The van der Waals surface area contributed by atoms with E-state index in [-0.39, 0.29) is 0 Å². The maximum Gasteiger partial charge on any atom is 0.172 e. The maximum absolute atomic E-state index is 4.48. The molecule has 0 aromatic carbocycles. The van der Waals surface area contributed by atoms with Gasteiger partial charge in [-0.15, -0.1) is 0 Å². The van der Waals surface area contributed by atoms with Crippen LogP contribution in [0.3, 0.4) is 0 Å². The van der Waals surface area contributed by atoms with Gasteiger partial charge in [0.1, 0.15) is 12.9 Å². The summed E-state index contributed by atoms with van der Waals surface area (Å²) < 4.78 is 1.70. The van der Waals surface area contributed by atoms with E-state index in [0.717, 1.165) is 16.7 Å². The van der Waals surface area contributed by atoms with Crippen LogP contribution in [0.1, 0.15) is 19.7 Å². The number of aliphatic imine (C=N–C) groups is 1. The van der Waals surface area contributed by atoms with Crippen LogP contribution in [0.25, 0.3) is 0 Å². The van der Waals surface area contributed by atoms with Gasteiger partial charge in [-0.3, -0.25) is 9.67 Å². The average Bonchev–Trinajstić information content (AvgIpc) is 2.66. The van der Waals surface area contributed by atoms with E-state index in [4.69, 9.17) is 0 Å². The Bertz CT molecular complexity index is 386. The van der Waals surface area contributed by atoms with Crippen LogP contribution >= 0.6 is 11.8 Å². The highest BCUT2D eigenvalue weighted by molar-refractivity contribution is 8.13. The van der Waals surface area contributed by atoms with E-state index in [0.29, 0.717) is 18.5 Å². The van der Waals surface area contributed by atoms with Crippen LogP contribution in [-0.2, 0) is 13.6 Å². The SMILES string of the molecule is CC1CSC(=NCc2ncn(C)n2)NC1C. The van der Waals surface area contributed by atoms with Gasteiger partial charge in [-0.1, -0.05) is 18.7 Å². The summed E-state index contributed by atoms with van der Waals surface area (Å²) in [7, 11) is 1.86. The molecule has 2 heterocycles. The van der Waals surface area contributed by atoms with Crippen molar-refractivity contribution in [2.24, 2.45) is 18.0 Å². The number of rotatable bonds is 2. The quantitative estimate of drug-likeness (QED) is 0.837. The lowest BCUT2D eigenvalue weighted by Gasteiger charge is -2.28. The van der Waals surface area contributed by atoms with Crippen molar-refractivity contribution in [3.05, 3.63) is 12.2 Å². The first-order valence-electron chi connectivity index (χ1n) is 5.43. The summed E-state index contributed by atoms with van der Waals surface area (Å²) in [6.45, 7) is 5.00. The zero-order valence-electron chi connectivity index (χ0n) is 9.84. The van der Waals surface area contributed by atoms with Gasteiger partial charge < -0.3 is 5.32 Å². The van der Waals surface area contributed by atoms with Gasteiger partial charge in [0.15, 0.2) is 11.0 Å². The molecule has 0 saturated carbocycles. The molecular formula is C10H17N5S. The summed E-state index contributed by atoms with van der Waals surface area (Å²) >= 11 is 1.78. The zero-order chi connectivity index (χ0) is 11.5. The van der Waals surface area contributed by atoms with Gasteiger partial charge in [-0.2, -0.15) is 5.10 Å². The van der Waals surface area contributed by atoms with Crippen molar-refractivity contribution in [3.8, 4) is 0 Å². The Morgan fingerprint density at radius 2 is 2.44 bits per heavy atom. The lowest BCUT2D eigenvalue weighted by Crippen LogP contribution is -2.41. The number of nitrogens with zero attached hydrogens (tertiary/aromatic N) is 4. The second-order valence-corrected chi connectivity index (χ2v) is 5.19. The summed E-state index contributed by atoms with van der Waals surface area (Å²) in [5.41, 5.74) is 0. The number of amidine groups is 1. The molecule has 16 heavy (non-hydrogen) atoms. The van der Waals surface area contributed by atoms with Gasteiger partial charge in [0.25, 0.3) is 0 Å². The van der Waals surface area contributed by atoms with E-state index in [2.05, 4.69) is 34.2 Å². The van der Waals surface area contributed by atoms with Crippen molar-refractivity contribution >= 4 is 16.9 Å². The Kier molecular flexibility index (Phi) is 3.48. The second-order valence-electron chi connectivity index (χ2n) is 4.18. The topological polar surface area (TPSA) is 55.1 Å². The van der Waals surface area contributed by atoms with Gasteiger partial charge >= 0.3 is 0 Å². The molecule has 88 valence electrons. The van der Waals surface area contributed by atoms with Crippen LogP contribution < -0.4 is 5.32 Å². The van der Waals surface area contributed by atoms with Crippen LogP contribution in [0.15, 0.2) is 11.3 Å². The molecular weight excluding hydrogens is 222 g/mol. The molecule has 1 N–H and O–H groups in total. The maximum atomic E-state index is 4.48. The Labute approximate surface area is 99.7 Å². The van der Waals surface area contributed by atoms with Crippen molar-refractivity contribution < 1.29 is 0 Å². The number of aromatic nitrogens is 3. The van der Waals surface area contributed by atoms with Gasteiger partial charge in [-0.25, -0.2) is 4.98 Å². The molecule has 5 nitrogen and oxygen atoms in total. The molecule has 6 heteroatoms. The van der Waals surface area contributed by atoms with Crippen LogP contribution in [0.2, 0.25) is 0 Å². The first kappa shape index (κ1) is 11.4. The summed E-state index contributed by atoms with van der Waals surface area (Å²) in [5.74, 6) is 2.59. The minimum atomic E-state index is 0.497. The molecule has 0 radical (unpaired) electrons. The fraction of sp³-hybridized carbons (Fsp3) is 0.700. The minimum Gasteiger partial charge on any atom is -0.362 e. The third kappa shape index (κ3) is 2.75. The van der Waals surface area contributed by atoms with Crippen LogP contribution in [0.4, 0.5) is 0 Å². The van der Waals surface area contributed by atoms with Crippen molar-refractivity contribution in [3.63, 3.8) is 0 Å². The summed E-state index contributed by atoms with van der Waals surface area (Å²) in [6.07, 6.45) is 1.70. The van der Waals surface area contributed by atoms with E-state index in [9.17, 15) is 0 Å². The molecule has 0 aliphatic carbocycles. The third-order valence-corrected chi connectivity index (χ3v) is 3.91. The van der Waals surface area contributed by atoms with Crippen LogP contribution in [0.5, 0.6) is 0 Å². The van der Waals surface area contributed by atoms with Crippen molar-refractivity contribution in [2.75, 3.05) is 5.75 Å². The molecule has 1 aromatic rings. The lowest BCUT2D eigenvalue weighted by atomic mass is 10.1. The van der Waals surface area contributed by atoms with Crippen LogP contribution in [0, 0.1) is 5.92 Å². The second kappa shape index (κ2) is 4.86. The molecule has 0 bridgehead atoms. The van der Waals surface area contributed by atoms with Crippen molar-refractivity contribution in [1.29, 1.82) is 0 Å². The van der Waals surface area contributed by atoms with Gasteiger partial charge in [0.2, 0.25) is 0 Å². The molecule has 1 aliphatic rings. The number of aryl methyl sites for hydroxylation is 1. The van der Waals surface area contributed by atoms with Gasteiger partial charge in [0, 0.05) is 18.8 Å². The first-order valence-corrected chi connectivity index (χ1v) is 6.42. The smallest absolute Gasteiger partial charge is 0.172 e. The number of hydrogen-bond donors (Lipinski definition) is 1. The Morgan fingerprint density at radius 3 is 3.06 bits per heavy atom. The molecule has 2 atom stereocenters. The highest BCUT2D eigenvalue weighted by Gasteiger charge is 2.20. The van der Waals surface area contributed by atoms with Crippen LogP contribution in [-0.4, -0.2) is 31.7 Å². The average molecular weight is 239 g/mol. The molecule has 1 aromatic heterocycles.